The summed E-state index contributed by atoms with van der Waals surface area (Å²) in [7, 11) is 1.79. The number of rotatable bonds is 5. The van der Waals surface area contributed by atoms with Crippen LogP contribution in [-0.4, -0.2) is 51.3 Å². The Hall–Kier alpha value is -0.770. The van der Waals surface area contributed by atoms with Crippen molar-refractivity contribution >= 4 is 18.1 Å². The van der Waals surface area contributed by atoms with E-state index in [1.165, 1.54) is 24.9 Å². The molecule has 1 saturated carbocycles. The first-order chi connectivity index (χ1) is 12.3. The molecule has 1 aliphatic heterocycles. The van der Waals surface area contributed by atoms with Crippen LogP contribution in [0, 0.1) is 10.8 Å². The molecule has 0 spiro atoms. The molecule has 0 radical (unpaired) electrons. The van der Waals surface area contributed by atoms with Crippen molar-refractivity contribution in [1.82, 2.24) is 4.90 Å². The molecule has 1 aliphatic carbocycles. The summed E-state index contributed by atoms with van der Waals surface area (Å²) in [5.74, 6) is 0.677. The van der Waals surface area contributed by atoms with Gasteiger partial charge >= 0.3 is 0 Å². The van der Waals surface area contributed by atoms with E-state index >= 15 is 0 Å². The van der Waals surface area contributed by atoms with Gasteiger partial charge in [0.15, 0.2) is 0 Å². The number of anilines is 1. The number of hydrogen-bond donors (Lipinski definition) is 0. The average Bonchev–Trinajstić information content (AvgIpc) is 2.58. The van der Waals surface area contributed by atoms with Crippen LogP contribution in [0.25, 0.3) is 0 Å². The minimum atomic E-state index is 0. The summed E-state index contributed by atoms with van der Waals surface area (Å²) in [4.78, 5) is 5.14. The van der Waals surface area contributed by atoms with Crippen molar-refractivity contribution in [2.75, 3.05) is 51.3 Å². The van der Waals surface area contributed by atoms with Crippen molar-refractivity contribution in [1.29, 1.82) is 0 Å². The minimum Gasteiger partial charge on any atom is -0.383 e. The van der Waals surface area contributed by atoms with Gasteiger partial charge in [-0.05, 0) is 47.6 Å². The maximum absolute atomic E-state index is 5.24. The van der Waals surface area contributed by atoms with Crippen LogP contribution >= 0.6 is 12.4 Å². The zero-order valence-electron chi connectivity index (χ0n) is 18.0. The predicted octanol–water partition coefficient (Wildman–Crippen LogP) is 5.20. The third-order valence-corrected chi connectivity index (χ3v) is 6.26. The van der Waals surface area contributed by atoms with Gasteiger partial charge in [-0.2, -0.15) is 0 Å². The molecule has 0 N–H and O–H groups in total. The van der Waals surface area contributed by atoms with E-state index in [1.54, 1.807) is 12.7 Å². The predicted molar refractivity (Wildman–Crippen MR) is 118 cm³/mol. The molecular formula is C23H39ClN2O. The van der Waals surface area contributed by atoms with Crippen molar-refractivity contribution in [3.8, 4) is 0 Å². The van der Waals surface area contributed by atoms with Crippen molar-refractivity contribution in [2.45, 2.75) is 52.9 Å². The second-order valence-electron chi connectivity index (χ2n) is 9.99. The van der Waals surface area contributed by atoms with Crippen LogP contribution < -0.4 is 4.90 Å². The maximum Gasteiger partial charge on any atom is 0.0589 e. The van der Waals surface area contributed by atoms with Crippen molar-refractivity contribution in [3.63, 3.8) is 0 Å². The van der Waals surface area contributed by atoms with Gasteiger partial charge in [-0.3, -0.25) is 4.90 Å². The number of hydrogen-bond acceptors (Lipinski definition) is 3. The van der Waals surface area contributed by atoms with Crippen molar-refractivity contribution < 1.29 is 4.74 Å². The monoisotopic (exact) mass is 394 g/mol. The summed E-state index contributed by atoms with van der Waals surface area (Å²) in [5.41, 5.74) is 3.92. The number of benzene rings is 1. The maximum atomic E-state index is 5.24. The summed E-state index contributed by atoms with van der Waals surface area (Å²) >= 11 is 0. The molecule has 2 fully saturated rings. The molecule has 1 aromatic rings. The number of ether oxygens (including phenoxy) is 1. The first-order valence-electron chi connectivity index (χ1n) is 10.3. The summed E-state index contributed by atoms with van der Waals surface area (Å²) in [6.45, 7) is 16.2. The van der Waals surface area contributed by atoms with E-state index < -0.39 is 0 Å². The Morgan fingerprint density at radius 3 is 2.15 bits per heavy atom. The van der Waals surface area contributed by atoms with Crippen LogP contribution in [0.4, 0.5) is 5.69 Å². The van der Waals surface area contributed by atoms with Crippen LogP contribution in [0.1, 0.15) is 58.4 Å². The van der Waals surface area contributed by atoms with Crippen LogP contribution in [0.2, 0.25) is 0 Å². The Morgan fingerprint density at radius 1 is 0.963 bits per heavy atom. The Kier molecular flexibility index (Phi) is 7.63. The molecule has 3 nitrogen and oxygen atoms in total. The molecule has 0 bridgehead atoms. The van der Waals surface area contributed by atoms with E-state index in [2.05, 4.69) is 61.8 Å². The lowest BCUT2D eigenvalue weighted by Crippen LogP contribution is -2.47. The molecule has 154 valence electrons. The number of halogens is 1. The van der Waals surface area contributed by atoms with Gasteiger partial charge in [0.1, 0.15) is 0 Å². The van der Waals surface area contributed by atoms with Crippen LogP contribution in [0.5, 0.6) is 0 Å². The Balaban J connectivity index is 0.00000261. The number of methoxy groups -OCH3 is 1. The molecule has 0 atom stereocenters. The average molecular weight is 395 g/mol. The van der Waals surface area contributed by atoms with E-state index in [-0.39, 0.29) is 12.4 Å². The second kappa shape index (κ2) is 9.15. The highest BCUT2D eigenvalue weighted by atomic mass is 35.5. The lowest BCUT2D eigenvalue weighted by atomic mass is 9.60. The quantitative estimate of drug-likeness (QED) is 0.682. The third-order valence-electron chi connectivity index (χ3n) is 6.26. The minimum absolute atomic E-state index is 0. The number of para-hydroxylation sites is 1. The SMILES string of the molecule is COCCN1CCN(c2ccccc2C2CC(C)(C)CC(C)(C)C2)CC1.Cl. The highest BCUT2D eigenvalue weighted by molar-refractivity contribution is 5.85. The molecule has 27 heavy (non-hydrogen) atoms. The van der Waals surface area contributed by atoms with E-state index in [0.717, 1.165) is 39.3 Å². The number of nitrogens with zero attached hydrogens (tertiary/aromatic N) is 2. The van der Waals surface area contributed by atoms with Crippen LogP contribution in [-0.2, 0) is 4.74 Å². The molecule has 0 aromatic heterocycles. The molecular weight excluding hydrogens is 356 g/mol. The Bertz CT molecular complexity index is 578. The van der Waals surface area contributed by atoms with Gasteiger partial charge in [-0.15, -0.1) is 12.4 Å². The van der Waals surface area contributed by atoms with E-state index in [9.17, 15) is 0 Å². The first kappa shape index (κ1) is 22.5. The lowest BCUT2D eigenvalue weighted by molar-refractivity contribution is 0.0969. The number of piperazine rings is 1. The lowest BCUT2D eigenvalue weighted by Gasteiger charge is -2.46. The molecule has 0 amide bonds. The van der Waals surface area contributed by atoms with Gasteiger partial charge in [0.25, 0.3) is 0 Å². The third kappa shape index (κ3) is 5.85. The Labute approximate surface area is 172 Å². The smallest absolute Gasteiger partial charge is 0.0589 e. The topological polar surface area (TPSA) is 15.7 Å². The summed E-state index contributed by atoms with van der Waals surface area (Å²) in [6.07, 6.45) is 3.94. The largest absolute Gasteiger partial charge is 0.383 e. The normalized spacial score (nSPS) is 23.1. The molecule has 3 rings (SSSR count). The van der Waals surface area contributed by atoms with Gasteiger partial charge in [0, 0.05) is 45.5 Å². The van der Waals surface area contributed by atoms with Crippen molar-refractivity contribution in [2.24, 2.45) is 10.8 Å². The molecule has 0 unspecified atom stereocenters. The summed E-state index contributed by atoms with van der Waals surface area (Å²) < 4.78 is 5.24. The van der Waals surface area contributed by atoms with Gasteiger partial charge in [-0.1, -0.05) is 45.9 Å². The van der Waals surface area contributed by atoms with Crippen LogP contribution in [0.3, 0.4) is 0 Å². The standard InChI is InChI=1S/C23H38N2O.ClH/c1-22(2)16-19(17-23(3,4)18-22)20-8-6-7-9-21(20)25-12-10-24(11-13-25)14-15-26-5;/h6-9,19H,10-18H2,1-5H3;1H. The van der Waals surface area contributed by atoms with E-state index in [0.29, 0.717) is 16.7 Å². The molecule has 1 saturated heterocycles. The summed E-state index contributed by atoms with van der Waals surface area (Å²) in [6, 6.07) is 9.21. The second-order valence-corrected chi connectivity index (χ2v) is 9.99. The highest BCUT2D eigenvalue weighted by Crippen LogP contribution is 2.53. The first-order valence-corrected chi connectivity index (χ1v) is 10.3. The van der Waals surface area contributed by atoms with Gasteiger partial charge in [0.05, 0.1) is 6.61 Å². The Morgan fingerprint density at radius 2 is 1.56 bits per heavy atom. The molecule has 4 heteroatoms. The fourth-order valence-corrected chi connectivity index (χ4v) is 5.62. The fraction of sp³-hybridized carbons (Fsp3) is 0.739. The zero-order chi connectivity index (χ0) is 18.8. The molecule has 1 heterocycles. The van der Waals surface area contributed by atoms with Gasteiger partial charge < -0.3 is 9.64 Å². The fourth-order valence-electron chi connectivity index (χ4n) is 5.62. The van der Waals surface area contributed by atoms with E-state index in [4.69, 9.17) is 4.74 Å². The zero-order valence-corrected chi connectivity index (χ0v) is 18.8. The summed E-state index contributed by atoms with van der Waals surface area (Å²) in [5, 5.41) is 0. The molecule has 1 aromatic carbocycles. The van der Waals surface area contributed by atoms with Crippen molar-refractivity contribution in [3.05, 3.63) is 29.8 Å². The van der Waals surface area contributed by atoms with Gasteiger partial charge in [-0.25, -0.2) is 0 Å². The van der Waals surface area contributed by atoms with E-state index in [1.807, 2.05) is 0 Å². The molecule has 2 aliphatic rings. The highest BCUT2D eigenvalue weighted by Gasteiger charge is 2.39. The van der Waals surface area contributed by atoms with Crippen LogP contribution in [0.15, 0.2) is 24.3 Å². The van der Waals surface area contributed by atoms with Gasteiger partial charge in [0.2, 0.25) is 0 Å².